The van der Waals surface area contributed by atoms with E-state index in [1.54, 1.807) is 42.5 Å². The Morgan fingerprint density at radius 3 is 2.60 bits per heavy atom. The zero-order valence-corrected chi connectivity index (χ0v) is 18.2. The second kappa shape index (κ2) is 9.56. The van der Waals surface area contributed by atoms with Crippen molar-refractivity contribution >= 4 is 51.2 Å². The van der Waals surface area contributed by atoms with Gasteiger partial charge in [-0.25, -0.2) is 5.43 Å². The molecule has 2 amide bonds. The van der Waals surface area contributed by atoms with Gasteiger partial charge < -0.3 is 10.4 Å². The minimum absolute atomic E-state index is 0.0432. The zero-order valence-electron chi connectivity index (χ0n) is 15.8. The van der Waals surface area contributed by atoms with Crippen LogP contribution >= 0.6 is 27.5 Å². The van der Waals surface area contributed by atoms with Gasteiger partial charge in [-0.3, -0.25) is 9.59 Å². The van der Waals surface area contributed by atoms with E-state index >= 15 is 0 Å². The van der Waals surface area contributed by atoms with Gasteiger partial charge in [0.05, 0.1) is 10.7 Å². The molecule has 0 bridgehead atoms. The van der Waals surface area contributed by atoms with E-state index in [9.17, 15) is 14.7 Å². The molecular weight excluding hydrogens is 470 g/mol. The van der Waals surface area contributed by atoms with Gasteiger partial charge in [-0.2, -0.15) is 5.10 Å². The van der Waals surface area contributed by atoms with E-state index in [1.165, 1.54) is 12.3 Å². The van der Waals surface area contributed by atoms with Crippen LogP contribution in [0.5, 0.6) is 5.75 Å². The Hall–Kier alpha value is -3.16. The summed E-state index contributed by atoms with van der Waals surface area (Å²) in [5.74, 6) is -0.775. The number of halogens is 2. The van der Waals surface area contributed by atoms with Crippen molar-refractivity contribution in [3.63, 3.8) is 0 Å². The number of phenolic OH excluding ortho intramolecular Hbond substituents is 1. The molecule has 0 saturated heterocycles. The van der Waals surface area contributed by atoms with Crippen LogP contribution < -0.4 is 10.7 Å². The fourth-order valence-corrected chi connectivity index (χ4v) is 3.51. The molecule has 3 aromatic rings. The number of anilines is 1. The van der Waals surface area contributed by atoms with Crippen LogP contribution in [-0.4, -0.2) is 23.1 Å². The molecule has 0 aliphatic carbocycles. The summed E-state index contributed by atoms with van der Waals surface area (Å²) in [5.41, 5.74) is 4.93. The molecule has 0 spiro atoms. The molecule has 0 aliphatic rings. The van der Waals surface area contributed by atoms with Crippen LogP contribution in [0.15, 0.2) is 70.2 Å². The van der Waals surface area contributed by atoms with Gasteiger partial charge in [0, 0.05) is 27.4 Å². The number of hydrogen-bond donors (Lipinski definition) is 3. The number of benzene rings is 3. The number of aryl methyl sites for hydroxylation is 1. The second-order valence-electron chi connectivity index (χ2n) is 6.37. The number of hydrogen-bond acceptors (Lipinski definition) is 4. The van der Waals surface area contributed by atoms with Crippen molar-refractivity contribution in [2.75, 3.05) is 5.32 Å². The molecule has 8 heteroatoms. The second-order valence-corrected chi connectivity index (χ2v) is 7.67. The number of hydrazone groups is 1. The number of rotatable bonds is 5. The van der Waals surface area contributed by atoms with E-state index in [-0.39, 0.29) is 11.7 Å². The SMILES string of the molecule is Cc1ccccc1C(=O)Nc1cccc(C(=O)N/N=C\c2cc(Cl)cc(Br)c2O)c1. The van der Waals surface area contributed by atoms with Crippen molar-refractivity contribution in [3.05, 3.63) is 92.4 Å². The molecule has 0 unspecified atom stereocenters. The summed E-state index contributed by atoms with van der Waals surface area (Å²) in [6.07, 6.45) is 1.29. The molecule has 0 aromatic heterocycles. The van der Waals surface area contributed by atoms with Crippen LogP contribution in [0, 0.1) is 6.92 Å². The third kappa shape index (κ3) is 5.25. The first-order chi connectivity index (χ1) is 14.3. The summed E-state index contributed by atoms with van der Waals surface area (Å²) in [6.45, 7) is 1.85. The van der Waals surface area contributed by atoms with Crippen molar-refractivity contribution in [1.82, 2.24) is 5.43 Å². The Morgan fingerprint density at radius 1 is 1.07 bits per heavy atom. The summed E-state index contributed by atoms with van der Waals surface area (Å²) in [4.78, 5) is 24.8. The molecule has 0 fully saturated rings. The van der Waals surface area contributed by atoms with Gasteiger partial charge in [0.15, 0.2) is 0 Å². The van der Waals surface area contributed by atoms with E-state index < -0.39 is 5.91 Å². The first-order valence-corrected chi connectivity index (χ1v) is 10.0. The molecule has 0 saturated carbocycles. The molecule has 0 atom stereocenters. The topological polar surface area (TPSA) is 90.8 Å². The predicted octanol–water partition coefficient (Wildman–Crippen LogP) is 5.13. The van der Waals surface area contributed by atoms with Gasteiger partial charge in [-0.05, 0) is 64.8 Å². The van der Waals surface area contributed by atoms with Crippen LogP contribution in [-0.2, 0) is 0 Å². The number of carbonyl (C=O) groups is 2. The van der Waals surface area contributed by atoms with Gasteiger partial charge >= 0.3 is 0 Å². The lowest BCUT2D eigenvalue weighted by Crippen LogP contribution is -2.18. The summed E-state index contributed by atoms with van der Waals surface area (Å²) in [5, 5.41) is 17.0. The summed E-state index contributed by atoms with van der Waals surface area (Å²) in [6, 6.07) is 16.8. The van der Waals surface area contributed by atoms with Gasteiger partial charge in [0.1, 0.15) is 5.75 Å². The normalized spacial score (nSPS) is 10.8. The van der Waals surface area contributed by atoms with Crippen molar-refractivity contribution in [2.45, 2.75) is 6.92 Å². The number of aromatic hydroxyl groups is 1. The Labute approximate surface area is 186 Å². The van der Waals surface area contributed by atoms with Crippen LogP contribution in [0.1, 0.15) is 31.8 Å². The van der Waals surface area contributed by atoms with Crippen molar-refractivity contribution in [1.29, 1.82) is 0 Å². The lowest BCUT2D eigenvalue weighted by atomic mass is 10.1. The molecule has 0 radical (unpaired) electrons. The fourth-order valence-electron chi connectivity index (χ4n) is 2.67. The molecule has 3 rings (SSSR count). The van der Waals surface area contributed by atoms with Crippen LogP contribution in [0.25, 0.3) is 0 Å². The van der Waals surface area contributed by atoms with Gasteiger partial charge in [0.2, 0.25) is 0 Å². The average Bonchev–Trinajstić information content (AvgIpc) is 2.71. The van der Waals surface area contributed by atoms with Crippen molar-refractivity contribution in [3.8, 4) is 5.75 Å². The highest BCUT2D eigenvalue weighted by molar-refractivity contribution is 9.10. The highest BCUT2D eigenvalue weighted by Gasteiger charge is 2.11. The smallest absolute Gasteiger partial charge is 0.271 e. The minimum atomic E-state index is -0.473. The Balaban J connectivity index is 1.69. The van der Waals surface area contributed by atoms with E-state index in [0.29, 0.717) is 31.9 Å². The van der Waals surface area contributed by atoms with Crippen molar-refractivity contribution < 1.29 is 14.7 Å². The Kier molecular flexibility index (Phi) is 6.87. The quantitative estimate of drug-likeness (QED) is 0.345. The fraction of sp³-hybridized carbons (Fsp3) is 0.0455. The third-order valence-corrected chi connectivity index (χ3v) is 5.02. The van der Waals surface area contributed by atoms with E-state index in [2.05, 4.69) is 31.8 Å². The third-order valence-electron chi connectivity index (χ3n) is 4.20. The van der Waals surface area contributed by atoms with Crippen LogP contribution in [0.4, 0.5) is 5.69 Å². The average molecular weight is 487 g/mol. The van der Waals surface area contributed by atoms with Crippen LogP contribution in [0.2, 0.25) is 5.02 Å². The highest BCUT2D eigenvalue weighted by atomic mass is 79.9. The Morgan fingerprint density at radius 2 is 1.83 bits per heavy atom. The first kappa shape index (κ1) is 21.5. The number of carbonyl (C=O) groups excluding carboxylic acids is 2. The lowest BCUT2D eigenvalue weighted by molar-refractivity contribution is 0.0953. The van der Waals surface area contributed by atoms with Gasteiger partial charge in [0.25, 0.3) is 11.8 Å². The molecule has 152 valence electrons. The van der Waals surface area contributed by atoms with E-state index in [4.69, 9.17) is 11.6 Å². The maximum Gasteiger partial charge on any atom is 0.271 e. The molecule has 3 N–H and O–H groups in total. The molecule has 6 nitrogen and oxygen atoms in total. The molecular formula is C22H17BrClN3O3. The number of nitrogens with zero attached hydrogens (tertiary/aromatic N) is 1. The maximum absolute atomic E-state index is 12.5. The molecule has 30 heavy (non-hydrogen) atoms. The monoisotopic (exact) mass is 485 g/mol. The number of phenols is 1. The standard InChI is InChI=1S/C22H17BrClN3O3/c1-13-5-2-3-8-18(13)22(30)26-17-7-4-6-14(10-17)21(29)27-25-12-15-9-16(24)11-19(23)20(15)28/h2-12,28H,1H3,(H,26,30)(H,27,29)/b25-12-. The molecule has 0 heterocycles. The van der Waals surface area contributed by atoms with Gasteiger partial charge in [-0.1, -0.05) is 35.9 Å². The highest BCUT2D eigenvalue weighted by Crippen LogP contribution is 2.30. The molecule has 0 aliphatic heterocycles. The summed E-state index contributed by atoms with van der Waals surface area (Å²) in [7, 11) is 0. The van der Waals surface area contributed by atoms with E-state index in [1.807, 2.05) is 19.1 Å². The number of amides is 2. The predicted molar refractivity (Wildman–Crippen MR) is 121 cm³/mol. The van der Waals surface area contributed by atoms with Crippen molar-refractivity contribution in [2.24, 2.45) is 5.10 Å². The zero-order chi connectivity index (χ0) is 21.7. The van der Waals surface area contributed by atoms with E-state index in [0.717, 1.165) is 5.56 Å². The Bertz CT molecular complexity index is 1150. The first-order valence-electron chi connectivity index (χ1n) is 8.83. The largest absolute Gasteiger partial charge is 0.506 e. The maximum atomic E-state index is 12.5. The lowest BCUT2D eigenvalue weighted by Gasteiger charge is -2.09. The number of nitrogens with one attached hydrogen (secondary N) is 2. The van der Waals surface area contributed by atoms with Gasteiger partial charge in [-0.15, -0.1) is 0 Å². The van der Waals surface area contributed by atoms with Crippen LogP contribution in [0.3, 0.4) is 0 Å². The molecule has 3 aromatic carbocycles. The minimum Gasteiger partial charge on any atom is -0.506 e. The summed E-state index contributed by atoms with van der Waals surface area (Å²) >= 11 is 9.13. The summed E-state index contributed by atoms with van der Waals surface area (Å²) < 4.78 is 0.417.